The fourth-order valence-electron chi connectivity index (χ4n) is 7.91. The summed E-state index contributed by atoms with van der Waals surface area (Å²) in [5.74, 6) is -3.42. The summed E-state index contributed by atoms with van der Waals surface area (Å²) < 4.78 is 18.6. The van der Waals surface area contributed by atoms with Gasteiger partial charge in [-0.2, -0.15) is 0 Å². The number of rotatable bonds is 9. The molecule has 1 unspecified atom stereocenters. The number of hydrogen-bond acceptors (Lipinski definition) is 14. The lowest BCUT2D eigenvalue weighted by Crippen LogP contribution is -2.64. The molecule has 2 heterocycles. The van der Waals surface area contributed by atoms with E-state index in [1.54, 1.807) is 39.8 Å². The van der Waals surface area contributed by atoms with Gasteiger partial charge in [0.2, 0.25) is 0 Å². The zero-order valence-electron chi connectivity index (χ0n) is 32.5. The van der Waals surface area contributed by atoms with Crippen molar-refractivity contribution >= 4 is 11.7 Å². The third kappa shape index (κ3) is 10.3. The summed E-state index contributed by atoms with van der Waals surface area (Å²) in [6.07, 6.45) is -5.48. The molecule has 15 nitrogen and oxygen atoms in total. The zero-order valence-corrected chi connectivity index (χ0v) is 32.5. The molecular weight excluding hydrogens is 676 g/mol. The predicted octanol–water partition coefficient (Wildman–Crippen LogP) is 1.70. The minimum absolute atomic E-state index is 0.0892. The summed E-state index contributed by atoms with van der Waals surface area (Å²) in [5, 5.41) is 77.2. The highest BCUT2D eigenvalue weighted by Gasteiger charge is 2.54. The summed E-state index contributed by atoms with van der Waals surface area (Å²) in [6, 6.07) is 5.07. The molecule has 7 N–H and O–H groups in total. The Hall–Kier alpha value is -2.31. The minimum atomic E-state index is -2.02. The van der Waals surface area contributed by atoms with Crippen LogP contribution in [0.5, 0.6) is 0 Å². The molecule has 2 aliphatic rings. The normalized spacial score (nSPS) is 41.5. The van der Waals surface area contributed by atoms with Crippen molar-refractivity contribution < 1.29 is 49.5 Å². The molecule has 0 amide bonds. The first-order valence-electron chi connectivity index (χ1n) is 18.4. The number of nitrogens with one attached hydrogen (secondary N) is 2. The second-order valence-corrected chi connectivity index (χ2v) is 16.0. The molecule has 1 aromatic carbocycles. The van der Waals surface area contributed by atoms with Crippen LogP contribution in [0.4, 0.5) is 5.69 Å². The van der Waals surface area contributed by atoms with E-state index in [-0.39, 0.29) is 49.7 Å². The molecule has 2 fully saturated rings. The number of non-ortho nitro benzene ring substituents is 1. The van der Waals surface area contributed by atoms with Crippen LogP contribution in [-0.4, -0.2) is 134 Å². The number of likely N-dealkylation sites (N-methyl/N-ethyl adjacent to an activating group) is 1. The first kappa shape index (κ1) is 44.1. The molecule has 14 atom stereocenters. The van der Waals surface area contributed by atoms with Gasteiger partial charge in [0.05, 0.1) is 34.3 Å². The maximum atomic E-state index is 14.1. The van der Waals surface area contributed by atoms with Crippen molar-refractivity contribution in [3.63, 3.8) is 0 Å². The molecule has 15 heteroatoms. The second-order valence-electron chi connectivity index (χ2n) is 16.0. The second kappa shape index (κ2) is 17.9. The van der Waals surface area contributed by atoms with Gasteiger partial charge < -0.3 is 55.3 Å². The van der Waals surface area contributed by atoms with E-state index >= 15 is 0 Å². The quantitative estimate of drug-likeness (QED) is 0.109. The van der Waals surface area contributed by atoms with Crippen LogP contribution in [0.15, 0.2) is 24.3 Å². The van der Waals surface area contributed by atoms with Gasteiger partial charge in [0.25, 0.3) is 5.69 Å². The molecule has 0 spiro atoms. The number of esters is 1. The Morgan fingerprint density at radius 2 is 1.77 bits per heavy atom. The lowest BCUT2D eigenvalue weighted by Gasteiger charge is -2.49. The van der Waals surface area contributed by atoms with Crippen molar-refractivity contribution in [1.29, 1.82) is 0 Å². The molecule has 0 aliphatic carbocycles. The molecule has 52 heavy (non-hydrogen) atoms. The topological polar surface area (TPSA) is 216 Å². The summed E-state index contributed by atoms with van der Waals surface area (Å²) in [4.78, 5) is 26.9. The molecule has 0 radical (unpaired) electrons. The monoisotopic (exact) mass is 740 g/mol. The van der Waals surface area contributed by atoms with Gasteiger partial charge in [0.1, 0.15) is 23.9 Å². The van der Waals surface area contributed by atoms with Crippen LogP contribution in [0.1, 0.15) is 80.2 Å². The van der Waals surface area contributed by atoms with Gasteiger partial charge in [-0.15, -0.1) is 0 Å². The maximum absolute atomic E-state index is 14.1. The van der Waals surface area contributed by atoms with Crippen molar-refractivity contribution in [2.45, 2.75) is 147 Å². The Labute approximate surface area is 308 Å². The van der Waals surface area contributed by atoms with Crippen LogP contribution in [-0.2, 0) is 25.5 Å². The Morgan fingerprint density at radius 1 is 1.12 bits per heavy atom. The van der Waals surface area contributed by atoms with Gasteiger partial charge >= 0.3 is 5.97 Å². The van der Waals surface area contributed by atoms with E-state index in [0.717, 1.165) is 0 Å². The largest absolute Gasteiger partial charge is 0.459 e. The molecule has 3 rings (SSSR count). The highest BCUT2D eigenvalue weighted by molar-refractivity contribution is 5.74. The number of carbonyl (C=O) groups is 1. The van der Waals surface area contributed by atoms with Crippen LogP contribution >= 0.6 is 0 Å². The number of hydrogen-bond donors (Lipinski definition) is 7. The van der Waals surface area contributed by atoms with Crippen molar-refractivity contribution in [2.24, 2.45) is 17.8 Å². The van der Waals surface area contributed by atoms with Crippen LogP contribution in [0.3, 0.4) is 0 Å². The lowest BCUT2D eigenvalue weighted by atomic mass is 9.70. The van der Waals surface area contributed by atoms with Crippen molar-refractivity contribution in [2.75, 3.05) is 27.2 Å². The number of ether oxygens (including phenoxy) is 3. The van der Waals surface area contributed by atoms with Crippen molar-refractivity contribution in [3.05, 3.63) is 39.9 Å². The number of aliphatic hydroxyl groups is 5. The van der Waals surface area contributed by atoms with Gasteiger partial charge in [-0.1, -0.05) is 32.9 Å². The minimum Gasteiger partial charge on any atom is -0.459 e. The first-order valence-corrected chi connectivity index (χ1v) is 18.4. The predicted molar refractivity (Wildman–Crippen MR) is 194 cm³/mol. The standard InChI is InChI=1S/C37H64N4O11/c1-11-29-36(8,46)31(43)25(6)39-18-21(2)17-35(7,45)32(52-34-30(42)28(40(9)10)15-22(3)50-34)23(4)37(47,24(5)33(44)51-29)20-38-19-26-13-12-14-27(16-26)41(48)49/h12-14,16,21-25,28-32,34,38-39,42-43,45-47H,11,15,17-20H2,1-10H3/t21-,22-,23-,24?,25-,28+,29-,30-,31-,32-,34+,35+,36-,37-/m1/s1. The highest BCUT2D eigenvalue weighted by Crippen LogP contribution is 2.40. The molecule has 0 saturated carbocycles. The van der Waals surface area contributed by atoms with E-state index in [1.165, 1.54) is 26.0 Å². The van der Waals surface area contributed by atoms with Crippen LogP contribution in [0.25, 0.3) is 0 Å². The van der Waals surface area contributed by atoms with E-state index in [0.29, 0.717) is 18.5 Å². The summed E-state index contributed by atoms with van der Waals surface area (Å²) in [6.45, 7) is 13.5. The Kier molecular flexibility index (Phi) is 15.2. The number of aliphatic hydroxyl groups excluding tert-OH is 2. The molecular formula is C37H64N4O11. The number of nitro benzene ring substituents is 1. The van der Waals surface area contributed by atoms with E-state index in [2.05, 4.69) is 10.6 Å². The smallest absolute Gasteiger partial charge is 0.312 e. The van der Waals surface area contributed by atoms with Gasteiger partial charge in [0, 0.05) is 43.2 Å². The third-order valence-corrected chi connectivity index (χ3v) is 11.3. The highest BCUT2D eigenvalue weighted by atomic mass is 16.7. The number of benzene rings is 1. The average molecular weight is 741 g/mol. The summed E-state index contributed by atoms with van der Waals surface area (Å²) >= 11 is 0. The van der Waals surface area contributed by atoms with Crippen molar-refractivity contribution in [3.8, 4) is 0 Å². The number of carbonyl (C=O) groups excluding carboxylic acids is 1. The lowest BCUT2D eigenvalue weighted by molar-refractivity contribution is -0.384. The molecule has 2 saturated heterocycles. The van der Waals surface area contributed by atoms with Crippen molar-refractivity contribution in [1.82, 2.24) is 15.5 Å². The van der Waals surface area contributed by atoms with Gasteiger partial charge in [-0.05, 0) is 86.0 Å². The fourth-order valence-corrected chi connectivity index (χ4v) is 7.91. The Bertz CT molecular complexity index is 1330. The van der Waals surface area contributed by atoms with E-state index in [9.17, 15) is 40.4 Å². The SMILES string of the molecule is CC[C@H]1OC(=O)C(C)[C@@](O)(CNCc2cccc([N+](=O)[O-])c2)[C@H](C)[C@@H](O[C@@H]2O[C@H](C)C[C@H](N(C)C)[C@H]2O)[C@@](C)(O)C[C@@H](C)CN[C@H](C)[C@@H](O)[C@]1(C)O. The molecule has 0 aromatic heterocycles. The van der Waals surface area contributed by atoms with Gasteiger partial charge in [0.15, 0.2) is 6.29 Å². The van der Waals surface area contributed by atoms with Gasteiger partial charge in [-0.3, -0.25) is 14.9 Å². The summed E-state index contributed by atoms with van der Waals surface area (Å²) in [5.41, 5.74) is -5.09. The average Bonchev–Trinajstić information content (AvgIpc) is 3.07. The summed E-state index contributed by atoms with van der Waals surface area (Å²) in [7, 11) is 3.69. The zero-order chi connectivity index (χ0) is 39.3. The Balaban J connectivity index is 2.14. The number of nitro groups is 1. The van der Waals surface area contributed by atoms with Gasteiger partial charge in [-0.25, -0.2) is 0 Å². The molecule has 1 aromatic rings. The van der Waals surface area contributed by atoms with Crippen LogP contribution < -0.4 is 10.6 Å². The number of nitrogens with zero attached hydrogens (tertiary/aromatic N) is 2. The van der Waals surface area contributed by atoms with Crippen LogP contribution in [0.2, 0.25) is 0 Å². The fraction of sp³-hybridized carbons (Fsp3) is 0.811. The number of cyclic esters (lactones) is 1. The van der Waals surface area contributed by atoms with E-state index < -0.39 is 76.3 Å². The molecule has 298 valence electrons. The first-order chi connectivity index (χ1) is 24.1. The van der Waals surface area contributed by atoms with E-state index in [1.807, 2.05) is 32.8 Å². The molecule has 0 bridgehead atoms. The molecule has 2 aliphatic heterocycles. The van der Waals surface area contributed by atoms with Crippen LogP contribution in [0, 0.1) is 27.9 Å². The van der Waals surface area contributed by atoms with E-state index in [4.69, 9.17) is 14.2 Å². The Morgan fingerprint density at radius 3 is 2.37 bits per heavy atom. The maximum Gasteiger partial charge on any atom is 0.312 e. The third-order valence-electron chi connectivity index (χ3n) is 11.3.